The van der Waals surface area contributed by atoms with Gasteiger partial charge in [0.05, 0.1) is 5.92 Å². The van der Waals surface area contributed by atoms with E-state index in [0.717, 1.165) is 0 Å². The first kappa shape index (κ1) is 8.70. The first-order valence-corrected chi connectivity index (χ1v) is 3.70. The molecule has 0 aliphatic rings. The molecule has 0 aliphatic carbocycles. The molecule has 5 nitrogen and oxygen atoms in total. The lowest BCUT2D eigenvalue weighted by atomic mass is 10.0. The van der Waals surface area contributed by atoms with Gasteiger partial charge < -0.3 is 9.67 Å². The largest absolute Gasteiger partial charge is 0.481 e. The molecule has 0 saturated carbocycles. The highest BCUT2D eigenvalue weighted by molar-refractivity contribution is 5.70. The normalized spacial score (nSPS) is 15.5. The zero-order chi connectivity index (χ0) is 9.14. The Bertz CT molecular complexity index is 258. The number of hydrogen-bond donors (Lipinski definition) is 1. The van der Waals surface area contributed by atoms with Crippen LogP contribution in [0.4, 0.5) is 0 Å². The summed E-state index contributed by atoms with van der Waals surface area (Å²) >= 11 is 0. The van der Waals surface area contributed by atoms with E-state index >= 15 is 0 Å². The van der Waals surface area contributed by atoms with Gasteiger partial charge in [-0.15, -0.1) is 10.2 Å². The van der Waals surface area contributed by atoms with Crippen molar-refractivity contribution in [1.29, 1.82) is 0 Å². The van der Waals surface area contributed by atoms with Crippen molar-refractivity contribution in [2.75, 3.05) is 0 Å². The fourth-order valence-corrected chi connectivity index (χ4v) is 0.884. The Hall–Kier alpha value is -1.39. The van der Waals surface area contributed by atoms with Gasteiger partial charge in [0.1, 0.15) is 12.7 Å². The maximum absolute atomic E-state index is 10.6. The van der Waals surface area contributed by atoms with Gasteiger partial charge in [0.25, 0.3) is 0 Å². The molecule has 5 heteroatoms. The Morgan fingerprint density at radius 2 is 1.92 bits per heavy atom. The third-order valence-electron chi connectivity index (χ3n) is 2.02. The standard InChI is InChI=1S/C7H11N3O2/c1-5(7(11)12)6(2)10-3-8-9-4-10/h3-6H,1-2H3,(H,11,12). The summed E-state index contributed by atoms with van der Waals surface area (Å²) in [6.45, 7) is 3.48. The van der Waals surface area contributed by atoms with Gasteiger partial charge in [-0.05, 0) is 13.8 Å². The van der Waals surface area contributed by atoms with E-state index in [9.17, 15) is 4.79 Å². The molecule has 0 spiro atoms. The van der Waals surface area contributed by atoms with Crippen LogP contribution in [0.15, 0.2) is 12.7 Å². The second-order valence-corrected chi connectivity index (χ2v) is 2.78. The molecule has 0 aromatic carbocycles. The lowest BCUT2D eigenvalue weighted by Gasteiger charge is -2.15. The molecule has 1 rings (SSSR count). The number of aromatic nitrogens is 3. The predicted octanol–water partition coefficient (Wildman–Crippen LogP) is 0.560. The molecule has 1 aromatic heterocycles. The number of carboxylic acid groups (broad SMARTS) is 1. The van der Waals surface area contributed by atoms with Gasteiger partial charge >= 0.3 is 5.97 Å². The molecule has 0 fully saturated rings. The topological polar surface area (TPSA) is 68.0 Å². The van der Waals surface area contributed by atoms with Crippen molar-refractivity contribution in [3.63, 3.8) is 0 Å². The minimum absolute atomic E-state index is 0.113. The van der Waals surface area contributed by atoms with E-state index in [4.69, 9.17) is 5.11 Å². The SMILES string of the molecule is CC(C(=O)O)C(C)n1cnnc1. The lowest BCUT2D eigenvalue weighted by molar-refractivity contribution is -0.142. The maximum Gasteiger partial charge on any atom is 0.308 e. The van der Waals surface area contributed by atoms with Crippen LogP contribution in [-0.4, -0.2) is 25.8 Å². The fourth-order valence-electron chi connectivity index (χ4n) is 0.884. The summed E-state index contributed by atoms with van der Waals surface area (Å²) in [7, 11) is 0. The van der Waals surface area contributed by atoms with Gasteiger partial charge in [0.2, 0.25) is 0 Å². The van der Waals surface area contributed by atoms with Gasteiger partial charge in [-0.2, -0.15) is 0 Å². The molecule has 1 aromatic rings. The Kier molecular flexibility index (Phi) is 2.42. The van der Waals surface area contributed by atoms with Crippen LogP contribution in [0.1, 0.15) is 19.9 Å². The molecule has 0 bridgehead atoms. The van der Waals surface area contributed by atoms with Crippen LogP contribution in [0, 0.1) is 5.92 Å². The van der Waals surface area contributed by atoms with Crippen LogP contribution >= 0.6 is 0 Å². The summed E-state index contributed by atoms with van der Waals surface area (Å²) in [6.07, 6.45) is 3.04. The van der Waals surface area contributed by atoms with Crippen molar-refractivity contribution >= 4 is 5.97 Å². The fraction of sp³-hybridized carbons (Fsp3) is 0.571. The summed E-state index contributed by atoms with van der Waals surface area (Å²) in [5, 5.41) is 15.9. The first-order valence-electron chi connectivity index (χ1n) is 3.70. The molecule has 66 valence electrons. The summed E-state index contributed by atoms with van der Waals surface area (Å²) in [6, 6.07) is -0.113. The number of nitrogens with zero attached hydrogens (tertiary/aromatic N) is 3. The number of aliphatic carboxylic acids is 1. The van der Waals surface area contributed by atoms with Gasteiger partial charge in [-0.3, -0.25) is 4.79 Å². The highest BCUT2D eigenvalue weighted by Crippen LogP contribution is 2.15. The molecular formula is C7H11N3O2. The third-order valence-corrected chi connectivity index (χ3v) is 2.02. The molecule has 1 heterocycles. The van der Waals surface area contributed by atoms with Crippen molar-refractivity contribution in [2.24, 2.45) is 5.92 Å². The van der Waals surface area contributed by atoms with E-state index < -0.39 is 11.9 Å². The quantitative estimate of drug-likeness (QED) is 0.717. The molecule has 1 N–H and O–H groups in total. The zero-order valence-corrected chi connectivity index (χ0v) is 7.01. The van der Waals surface area contributed by atoms with Crippen molar-refractivity contribution in [2.45, 2.75) is 19.9 Å². The van der Waals surface area contributed by atoms with Crippen LogP contribution in [0.5, 0.6) is 0 Å². The van der Waals surface area contributed by atoms with Crippen molar-refractivity contribution in [3.8, 4) is 0 Å². The smallest absolute Gasteiger partial charge is 0.308 e. The van der Waals surface area contributed by atoms with Gasteiger partial charge in [0, 0.05) is 6.04 Å². The molecule has 12 heavy (non-hydrogen) atoms. The average molecular weight is 169 g/mol. The molecule has 0 aliphatic heterocycles. The number of rotatable bonds is 3. The molecule has 0 amide bonds. The number of carbonyl (C=O) groups is 1. The van der Waals surface area contributed by atoms with Gasteiger partial charge in [-0.25, -0.2) is 0 Å². The second-order valence-electron chi connectivity index (χ2n) is 2.78. The highest BCUT2D eigenvalue weighted by atomic mass is 16.4. The average Bonchev–Trinajstić information content (AvgIpc) is 2.53. The molecule has 0 radical (unpaired) electrons. The lowest BCUT2D eigenvalue weighted by Crippen LogP contribution is -2.20. The van der Waals surface area contributed by atoms with Crippen LogP contribution in [0.3, 0.4) is 0 Å². The van der Waals surface area contributed by atoms with E-state index in [1.165, 1.54) is 12.7 Å². The zero-order valence-electron chi connectivity index (χ0n) is 7.01. The van der Waals surface area contributed by atoms with Crippen LogP contribution in [0.25, 0.3) is 0 Å². The maximum atomic E-state index is 10.6. The predicted molar refractivity (Wildman–Crippen MR) is 41.5 cm³/mol. The first-order chi connectivity index (χ1) is 5.63. The Balaban J connectivity index is 2.71. The van der Waals surface area contributed by atoms with E-state index in [1.807, 2.05) is 6.92 Å². The summed E-state index contributed by atoms with van der Waals surface area (Å²) < 4.78 is 1.68. The van der Waals surface area contributed by atoms with E-state index in [0.29, 0.717) is 0 Å². The minimum atomic E-state index is -0.809. The van der Waals surface area contributed by atoms with E-state index in [2.05, 4.69) is 10.2 Å². The summed E-state index contributed by atoms with van der Waals surface area (Å²) in [4.78, 5) is 10.6. The third kappa shape index (κ3) is 1.61. The Morgan fingerprint density at radius 3 is 2.33 bits per heavy atom. The van der Waals surface area contributed by atoms with Crippen molar-refractivity contribution in [1.82, 2.24) is 14.8 Å². The summed E-state index contributed by atoms with van der Waals surface area (Å²) in [5.41, 5.74) is 0. The van der Waals surface area contributed by atoms with Gasteiger partial charge in [-0.1, -0.05) is 0 Å². The monoisotopic (exact) mass is 169 g/mol. The molecule has 2 unspecified atom stereocenters. The Morgan fingerprint density at radius 1 is 1.42 bits per heavy atom. The molecular weight excluding hydrogens is 158 g/mol. The van der Waals surface area contributed by atoms with Crippen molar-refractivity contribution in [3.05, 3.63) is 12.7 Å². The van der Waals surface area contributed by atoms with Crippen LogP contribution in [0.2, 0.25) is 0 Å². The van der Waals surface area contributed by atoms with Gasteiger partial charge in [0.15, 0.2) is 0 Å². The van der Waals surface area contributed by atoms with Crippen LogP contribution in [-0.2, 0) is 4.79 Å². The van der Waals surface area contributed by atoms with E-state index in [1.54, 1.807) is 11.5 Å². The highest BCUT2D eigenvalue weighted by Gasteiger charge is 2.20. The number of carboxylic acids is 1. The molecule has 0 saturated heterocycles. The summed E-state index contributed by atoms with van der Waals surface area (Å²) in [5.74, 6) is -1.24. The Labute approximate surface area is 70.0 Å². The van der Waals surface area contributed by atoms with Crippen LogP contribution < -0.4 is 0 Å². The van der Waals surface area contributed by atoms with E-state index in [-0.39, 0.29) is 6.04 Å². The number of hydrogen-bond acceptors (Lipinski definition) is 3. The minimum Gasteiger partial charge on any atom is -0.481 e. The molecule has 2 atom stereocenters. The second kappa shape index (κ2) is 3.34. The van der Waals surface area contributed by atoms with Crippen molar-refractivity contribution < 1.29 is 9.90 Å².